The van der Waals surface area contributed by atoms with Gasteiger partial charge in [0, 0.05) is 24.0 Å². The summed E-state index contributed by atoms with van der Waals surface area (Å²) in [4.78, 5) is 12.9. The Hall–Kier alpha value is -2.23. The van der Waals surface area contributed by atoms with E-state index in [0.717, 1.165) is 47.8 Å². The number of hydrogen-bond donors (Lipinski definition) is 2. The van der Waals surface area contributed by atoms with Gasteiger partial charge in [0.15, 0.2) is 0 Å². The third-order valence-electron chi connectivity index (χ3n) is 5.85. The van der Waals surface area contributed by atoms with Crippen LogP contribution >= 0.6 is 0 Å². The van der Waals surface area contributed by atoms with Gasteiger partial charge in [0.25, 0.3) is 5.91 Å². The summed E-state index contributed by atoms with van der Waals surface area (Å²) in [6.45, 7) is 3.03. The summed E-state index contributed by atoms with van der Waals surface area (Å²) in [7, 11) is 0. The molecule has 2 saturated carbocycles. The molecule has 2 aliphatic carbocycles. The Labute approximate surface area is 155 Å². The standard InChI is InChI=1S/C22H28N2O2/c1-15-20(22(26)23-18-5-3-2-4-6-18)13-21(24(15)14-16-7-8-16)17-9-11-19(25)12-10-17/h9-13,16,18,25H,2-8,14H2,1H3,(H,23,26). The van der Waals surface area contributed by atoms with Crippen LogP contribution in [0.25, 0.3) is 11.3 Å². The molecule has 1 amide bonds. The molecule has 2 aromatic rings. The predicted molar refractivity (Wildman–Crippen MR) is 103 cm³/mol. The fourth-order valence-corrected chi connectivity index (χ4v) is 4.05. The summed E-state index contributed by atoms with van der Waals surface area (Å²) in [6, 6.07) is 9.62. The molecular formula is C22H28N2O2. The largest absolute Gasteiger partial charge is 0.508 e. The van der Waals surface area contributed by atoms with Crippen LogP contribution in [-0.2, 0) is 6.54 Å². The minimum Gasteiger partial charge on any atom is -0.508 e. The molecule has 0 radical (unpaired) electrons. The van der Waals surface area contributed by atoms with E-state index in [0.29, 0.717) is 6.04 Å². The molecule has 4 heteroatoms. The molecule has 0 saturated heterocycles. The Morgan fingerprint density at radius 3 is 2.46 bits per heavy atom. The molecule has 1 aromatic heterocycles. The van der Waals surface area contributed by atoms with Crippen molar-refractivity contribution in [1.82, 2.24) is 9.88 Å². The zero-order valence-corrected chi connectivity index (χ0v) is 15.5. The maximum absolute atomic E-state index is 12.9. The number of amides is 1. The first-order chi connectivity index (χ1) is 12.6. The quantitative estimate of drug-likeness (QED) is 0.823. The molecule has 0 spiro atoms. The van der Waals surface area contributed by atoms with E-state index in [9.17, 15) is 9.90 Å². The van der Waals surface area contributed by atoms with Gasteiger partial charge in [-0.2, -0.15) is 0 Å². The molecule has 1 aromatic carbocycles. The molecule has 138 valence electrons. The number of hydrogen-bond acceptors (Lipinski definition) is 2. The van der Waals surface area contributed by atoms with Gasteiger partial charge in [-0.15, -0.1) is 0 Å². The Balaban J connectivity index is 1.63. The number of rotatable bonds is 5. The number of nitrogens with one attached hydrogen (secondary N) is 1. The normalized spacial score (nSPS) is 18.0. The Bertz CT molecular complexity index is 781. The summed E-state index contributed by atoms with van der Waals surface area (Å²) in [5.74, 6) is 1.05. The van der Waals surface area contributed by atoms with E-state index >= 15 is 0 Å². The monoisotopic (exact) mass is 352 g/mol. The van der Waals surface area contributed by atoms with Crippen molar-refractivity contribution in [2.75, 3.05) is 0 Å². The van der Waals surface area contributed by atoms with Crippen LogP contribution in [0.1, 0.15) is 61.0 Å². The summed E-state index contributed by atoms with van der Waals surface area (Å²) >= 11 is 0. The maximum atomic E-state index is 12.9. The third kappa shape index (κ3) is 3.64. The number of phenols is 1. The number of aromatic nitrogens is 1. The summed E-state index contributed by atoms with van der Waals surface area (Å²) < 4.78 is 2.29. The van der Waals surface area contributed by atoms with Crippen molar-refractivity contribution in [3.63, 3.8) is 0 Å². The van der Waals surface area contributed by atoms with E-state index in [1.165, 1.54) is 32.1 Å². The highest BCUT2D eigenvalue weighted by Crippen LogP contribution is 2.35. The van der Waals surface area contributed by atoms with Crippen LogP contribution in [0.5, 0.6) is 5.75 Å². The van der Waals surface area contributed by atoms with Crippen molar-refractivity contribution >= 4 is 5.91 Å². The molecule has 0 unspecified atom stereocenters. The van der Waals surface area contributed by atoms with Crippen molar-refractivity contribution in [2.45, 2.75) is 64.5 Å². The molecule has 2 fully saturated rings. The van der Waals surface area contributed by atoms with Gasteiger partial charge in [0.2, 0.25) is 0 Å². The Morgan fingerprint density at radius 1 is 1.12 bits per heavy atom. The number of carbonyl (C=O) groups is 1. The van der Waals surface area contributed by atoms with Crippen LogP contribution < -0.4 is 5.32 Å². The van der Waals surface area contributed by atoms with E-state index in [1.54, 1.807) is 12.1 Å². The van der Waals surface area contributed by atoms with Crippen LogP contribution in [0.4, 0.5) is 0 Å². The number of aromatic hydroxyl groups is 1. The maximum Gasteiger partial charge on any atom is 0.253 e. The molecule has 2 N–H and O–H groups in total. The number of phenolic OH excluding ortho intramolecular Hbond substituents is 1. The predicted octanol–water partition coefficient (Wildman–Crippen LogP) is 4.64. The first-order valence-corrected chi connectivity index (χ1v) is 9.92. The summed E-state index contributed by atoms with van der Waals surface area (Å²) in [6.07, 6.45) is 8.45. The molecule has 2 aliphatic rings. The van der Waals surface area contributed by atoms with Crippen molar-refractivity contribution in [1.29, 1.82) is 0 Å². The lowest BCUT2D eigenvalue weighted by atomic mass is 9.95. The average molecular weight is 352 g/mol. The molecule has 26 heavy (non-hydrogen) atoms. The lowest BCUT2D eigenvalue weighted by Crippen LogP contribution is -2.36. The first kappa shape index (κ1) is 17.2. The van der Waals surface area contributed by atoms with E-state index in [2.05, 4.69) is 16.8 Å². The molecule has 0 bridgehead atoms. The van der Waals surface area contributed by atoms with Gasteiger partial charge in [0.05, 0.1) is 5.56 Å². The number of nitrogens with zero attached hydrogens (tertiary/aromatic N) is 1. The fraction of sp³-hybridized carbons (Fsp3) is 0.500. The van der Waals surface area contributed by atoms with Crippen LogP contribution in [-0.4, -0.2) is 21.6 Å². The third-order valence-corrected chi connectivity index (χ3v) is 5.85. The smallest absolute Gasteiger partial charge is 0.253 e. The van der Waals surface area contributed by atoms with Crippen LogP contribution in [0, 0.1) is 12.8 Å². The fourth-order valence-electron chi connectivity index (χ4n) is 4.05. The van der Waals surface area contributed by atoms with Crippen molar-refractivity contribution in [2.24, 2.45) is 5.92 Å². The summed E-state index contributed by atoms with van der Waals surface area (Å²) in [5.41, 5.74) is 3.96. The van der Waals surface area contributed by atoms with Crippen molar-refractivity contribution < 1.29 is 9.90 Å². The second-order valence-electron chi connectivity index (χ2n) is 7.94. The minimum absolute atomic E-state index is 0.0592. The lowest BCUT2D eigenvalue weighted by molar-refractivity contribution is 0.0927. The minimum atomic E-state index is 0.0592. The SMILES string of the molecule is Cc1c(C(=O)NC2CCCCC2)cc(-c2ccc(O)cc2)n1CC1CC1. The van der Waals surface area contributed by atoms with Crippen LogP contribution in [0.15, 0.2) is 30.3 Å². The lowest BCUT2D eigenvalue weighted by Gasteiger charge is -2.22. The van der Waals surface area contributed by atoms with Gasteiger partial charge in [-0.1, -0.05) is 19.3 Å². The molecule has 1 heterocycles. The van der Waals surface area contributed by atoms with Crippen LogP contribution in [0.2, 0.25) is 0 Å². The van der Waals surface area contributed by atoms with Gasteiger partial charge < -0.3 is 15.0 Å². The zero-order chi connectivity index (χ0) is 18.1. The highest BCUT2D eigenvalue weighted by atomic mass is 16.3. The topological polar surface area (TPSA) is 54.3 Å². The molecule has 4 rings (SSSR count). The van der Waals surface area contributed by atoms with Gasteiger partial charge in [-0.3, -0.25) is 4.79 Å². The van der Waals surface area contributed by atoms with E-state index in [1.807, 2.05) is 18.2 Å². The Kier molecular flexibility index (Phi) is 4.75. The molecule has 4 nitrogen and oxygen atoms in total. The van der Waals surface area contributed by atoms with Gasteiger partial charge >= 0.3 is 0 Å². The van der Waals surface area contributed by atoms with E-state index in [4.69, 9.17) is 0 Å². The second-order valence-corrected chi connectivity index (χ2v) is 7.94. The van der Waals surface area contributed by atoms with Gasteiger partial charge in [-0.05, 0) is 74.4 Å². The van der Waals surface area contributed by atoms with Crippen molar-refractivity contribution in [3.05, 3.63) is 41.6 Å². The molecule has 0 aliphatic heterocycles. The van der Waals surface area contributed by atoms with Gasteiger partial charge in [0.1, 0.15) is 5.75 Å². The van der Waals surface area contributed by atoms with Crippen molar-refractivity contribution in [3.8, 4) is 17.0 Å². The summed E-state index contributed by atoms with van der Waals surface area (Å²) in [5, 5.41) is 12.8. The van der Waals surface area contributed by atoms with E-state index in [-0.39, 0.29) is 11.7 Å². The Morgan fingerprint density at radius 2 is 1.81 bits per heavy atom. The molecular weight excluding hydrogens is 324 g/mol. The number of benzene rings is 1. The van der Waals surface area contributed by atoms with Crippen LogP contribution in [0.3, 0.4) is 0 Å². The average Bonchev–Trinajstić information content (AvgIpc) is 3.41. The second kappa shape index (κ2) is 7.18. The zero-order valence-electron chi connectivity index (χ0n) is 15.5. The van der Waals surface area contributed by atoms with E-state index < -0.39 is 0 Å². The first-order valence-electron chi connectivity index (χ1n) is 9.92. The highest BCUT2D eigenvalue weighted by molar-refractivity contribution is 5.97. The number of carbonyl (C=O) groups excluding carboxylic acids is 1. The van der Waals surface area contributed by atoms with Gasteiger partial charge in [-0.25, -0.2) is 0 Å². The highest BCUT2D eigenvalue weighted by Gasteiger charge is 2.27. The molecule has 0 atom stereocenters.